The Kier molecular flexibility index (Phi) is 7.12. The van der Waals surface area contributed by atoms with Crippen LogP contribution in [-0.2, 0) is 11.3 Å². The van der Waals surface area contributed by atoms with Gasteiger partial charge >= 0.3 is 5.69 Å². The molecule has 136 valence electrons. The topological polar surface area (TPSA) is 89.0 Å². The summed E-state index contributed by atoms with van der Waals surface area (Å²) in [4.78, 5) is 23.5. The number of aromatic nitrogens is 3. The van der Waals surface area contributed by atoms with E-state index in [1.165, 1.54) is 17.3 Å². The van der Waals surface area contributed by atoms with Gasteiger partial charge in [-0.15, -0.1) is 5.10 Å². The van der Waals surface area contributed by atoms with Crippen molar-refractivity contribution in [2.75, 3.05) is 18.9 Å². The van der Waals surface area contributed by atoms with Gasteiger partial charge in [-0.25, -0.2) is 9.89 Å². The number of nitrogens with one attached hydrogen (secondary N) is 2. The molecule has 0 radical (unpaired) electrons. The van der Waals surface area contributed by atoms with Crippen molar-refractivity contribution >= 4 is 17.7 Å². The maximum absolute atomic E-state index is 11.9. The summed E-state index contributed by atoms with van der Waals surface area (Å²) in [5.41, 5.74) is 2.02. The van der Waals surface area contributed by atoms with Crippen molar-refractivity contribution < 1.29 is 9.53 Å². The molecule has 2 aromatic rings. The molecule has 0 fully saturated rings. The van der Waals surface area contributed by atoms with Crippen LogP contribution in [0.3, 0.4) is 0 Å². The summed E-state index contributed by atoms with van der Waals surface area (Å²) in [5, 5.41) is 9.69. The molecule has 7 nitrogen and oxygen atoms in total. The second-order valence-corrected chi connectivity index (χ2v) is 6.66. The lowest BCUT2D eigenvalue weighted by molar-refractivity contribution is -0.118. The van der Waals surface area contributed by atoms with Crippen LogP contribution in [0, 0.1) is 13.8 Å². The molecule has 1 heterocycles. The van der Waals surface area contributed by atoms with Crippen LogP contribution < -0.4 is 15.7 Å². The third kappa shape index (κ3) is 5.67. The van der Waals surface area contributed by atoms with Crippen molar-refractivity contribution in [3.05, 3.63) is 39.8 Å². The number of aromatic amines is 1. The molecule has 0 bridgehead atoms. The van der Waals surface area contributed by atoms with E-state index in [-0.39, 0.29) is 17.3 Å². The Balaban J connectivity index is 1.71. The van der Waals surface area contributed by atoms with Crippen molar-refractivity contribution in [1.82, 2.24) is 20.1 Å². The average Bonchev–Trinajstić information content (AvgIpc) is 2.92. The Morgan fingerprint density at radius 3 is 2.92 bits per heavy atom. The summed E-state index contributed by atoms with van der Waals surface area (Å²) in [7, 11) is 0. The molecule has 0 saturated heterocycles. The van der Waals surface area contributed by atoms with E-state index in [1.807, 2.05) is 32.9 Å². The zero-order valence-electron chi connectivity index (χ0n) is 14.8. The lowest BCUT2D eigenvalue weighted by Crippen LogP contribution is -2.29. The molecule has 0 aliphatic carbocycles. The van der Waals surface area contributed by atoms with E-state index in [0.29, 0.717) is 24.9 Å². The smallest absolute Gasteiger partial charge is 0.343 e. The number of ether oxygens (including phenoxy) is 1. The molecule has 1 aromatic heterocycles. The van der Waals surface area contributed by atoms with Gasteiger partial charge in [0.25, 0.3) is 0 Å². The van der Waals surface area contributed by atoms with E-state index in [0.717, 1.165) is 17.7 Å². The molecule has 0 saturated carbocycles. The van der Waals surface area contributed by atoms with Gasteiger partial charge in [-0.1, -0.05) is 36.4 Å². The first kappa shape index (κ1) is 19.1. The van der Waals surface area contributed by atoms with Gasteiger partial charge in [0.1, 0.15) is 12.4 Å². The molecule has 0 spiro atoms. The molecular weight excluding hydrogens is 340 g/mol. The predicted molar refractivity (Wildman–Crippen MR) is 98.3 cm³/mol. The number of carbonyl (C=O) groups is 1. The first-order valence-electron chi connectivity index (χ1n) is 8.26. The molecular formula is C17H24N4O3S. The molecule has 1 aromatic carbocycles. The Morgan fingerprint density at radius 1 is 1.40 bits per heavy atom. The number of nitrogens with zero attached hydrogens (tertiary/aromatic N) is 2. The molecule has 0 aliphatic rings. The minimum atomic E-state index is -0.244. The van der Waals surface area contributed by atoms with Crippen molar-refractivity contribution in [1.29, 1.82) is 0 Å². The third-order valence-corrected chi connectivity index (χ3v) is 4.49. The number of benzene rings is 1. The monoisotopic (exact) mass is 364 g/mol. The van der Waals surface area contributed by atoms with Crippen molar-refractivity contribution in [3.8, 4) is 5.75 Å². The fourth-order valence-electron chi connectivity index (χ4n) is 2.33. The average molecular weight is 364 g/mol. The molecule has 0 unspecified atom stereocenters. The van der Waals surface area contributed by atoms with Gasteiger partial charge < -0.3 is 10.1 Å². The Labute approximate surface area is 151 Å². The van der Waals surface area contributed by atoms with E-state index in [2.05, 4.69) is 21.6 Å². The number of amides is 1. The fourth-order valence-corrected chi connectivity index (χ4v) is 3.13. The Hall–Kier alpha value is -2.22. The number of rotatable bonds is 9. The normalized spacial score (nSPS) is 10.7. The summed E-state index contributed by atoms with van der Waals surface area (Å²) in [6.07, 6.45) is 0.828. The quantitative estimate of drug-likeness (QED) is 0.524. The van der Waals surface area contributed by atoms with Gasteiger partial charge in [-0.05, 0) is 31.9 Å². The summed E-state index contributed by atoms with van der Waals surface area (Å²) >= 11 is 1.24. The van der Waals surface area contributed by atoms with Crippen LogP contribution in [0.15, 0.2) is 28.2 Å². The number of H-pyrrole nitrogens is 1. The van der Waals surface area contributed by atoms with Crippen LogP contribution in [0.2, 0.25) is 0 Å². The number of hydrogen-bond donors (Lipinski definition) is 2. The molecule has 25 heavy (non-hydrogen) atoms. The van der Waals surface area contributed by atoms with Gasteiger partial charge in [-0.3, -0.25) is 9.36 Å². The molecule has 1 amide bonds. The molecule has 0 aliphatic heterocycles. The molecule has 0 atom stereocenters. The Bertz CT molecular complexity index is 769. The van der Waals surface area contributed by atoms with Crippen molar-refractivity contribution in [3.63, 3.8) is 0 Å². The van der Waals surface area contributed by atoms with E-state index >= 15 is 0 Å². The van der Waals surface area contributed by atoms with Crippen LogP contribution >= 0.6 is 11.8 Å². The maximum Gasteiger partial charge on any atom is 0.343 e. The number of aryl methyl sites for hydroxylation is 2. The summed E-state index contributed by atoms with van der Waals surface area (Å²) in [6.45, 7) is 7.43. The second-order valence-electron chi connectivity index (χ2n) is 5.72. The summed E-state index contributed by atoms with van der Waals surface area (Å²) < 4.78 is 7.22. The SMILES string of the molecule is CCCn1c(SCC(=O)NCCOc2ccc(C)cc2C)n[nH]c1=O. The van der Waals surface area contributed by atoms with Gasteiger partial charge in [0, 0.05) is 6.54 Å². The van der Waals surface area contributed by atoms with Gasteiger partial charge in [-0.2, -0.15) is 0 Å². The van der Waals surface area contributed by atoms with Crippen LogP contribution in [-0.4, -0.2) is 39.6 Å². The second kappa shape index (κ2) is 9.31. The zero-order chi connectivity index (χ0) is 18.2. The highest BCUT2D eigenvalue weighted by Gasteiger charge is 2.10. The fraction of sp³-hybridized carbons (Fsp3) is 0.471. The zero-order valence-corrected chi connectivity index (χ0v) is 15.6. The van der Waals surface area contributed by atoms with E-state index in [4.69, 9.17) is 4.74 Å². The number of carbonyl (C=O) groups excluding carboxylic acids is 1. The first-order valence-corrected chi connectivity index (χ1v) is 9.24. The first-order chi connectivity index (χ1) is 12.0. The largest absolute Gasteiger partial charge is 0.491 e. The third-order valence-electron chi connectivity index (χ3n) is 3.52. The number of thioether (sulfide) groups is 1. The van der Waals surface area contributed by atoms with E-state index in [1.54, 1.807) is 4.57 Å². The lowest BCUT2D eigenvalue weighted by Gasteiger charge is -2.10. The summed E-state index contributed by atoms with van der Waals surface area (Å²) in [5.74, 6) is 0.916. The van der Waals surface area contributed by atoms with Crippen LogP contribution in [0.5, 0.6) is 5.75 Å². The highest BCUT2D eigenvalue weighted by Crippen LogP contribution is 2.18. The highest BCUT2D eigenvalue weighted by molar-refractivity contribution is 7.99. The van der Waals surface area contributed by atoms with Crippen molar-refractivity contribution in [2.24, 2.45) is 0 Å². The predicted octanol–water partition coefficient (Wildman–Crippen LogP) is 1.89. The van der Waals surface area contributed by atoms with Crippen LogP contribution in [0.4, 0.5) is 0 Å². The van der Waals surface area contributed by atoms with E-state index < -0.39 is 0 Å². The highest BCUT2D eigenvalue weighted by atomic mass is 32.2. The van der Waals surface area contributed by atoms with Crippen LogP contribution in [0.1, 0.15) is 24.5 Å². The molecule has 2 rings (SSSR count). The number of hydrogen-bond acceptors (Lipinski definition) is 5. The standard InChI is InChI=1S/C17H24N4O3S/c1-4-8-21-16(23)19-20-17(21)25-11-15(22)18-7-9-24-14-6-5-12(2)10-13(14)3/h5-6,10H,4,7-9,11H2,1-3H3,(H,18,22)(H,19,23). The Morgan fingerprint density at radius 2 is 2.20 bits per heavy atom. The van der Waals surface area contributed by atoms with Crippen LogP contribution in [0.25, 0.3) is 0 Å². The van der Waals surface area contributed by atoms with Gasteiger partial charge in [0.05, 0.1) is 12.3 Å². The van der Waals surface area contributed by atoms with Gasteiger partial charge in [0.2, 0.25) is 5.91 Å². The lowest BCUT2D eigenvalue weighted by atomic mass is 10.1. The minimum absolute atomic E-state index is 0.118. The van der Waals surface area contributed by atoms with Gasteiger partial charge in [0.15, 0.2) is 5.16 Å². The molecule has 8 heteroatoms. The maximum atomic E-state index is 11.9. The molecule has 2 N–H and O–H groups in total. The van der Waals surface area contributed by atoms with E-state index in [9.17, 15) is 9.59 Å². The summed E-state index contributed by atoms with van der Waals surface area (Å²) in [6, 6.07) is 5.99. The van der Waals surface area contributed by atoms with Crippen molar-refractivity contribution in [2.45, 2.75) is 38.9 Å². The minimum Gasteiger partial charge on any atom is -0.491 e.